The maximum absolute atomic E-state index is 12.6. The number of esters is 1. The summed E-state index contributed by atoms with van der Waals surface area (Å²) >= 11 is 0. The van der Waals surface area contributed by atoms with Crippen molar-refractivity contribution in [3.8, 4) is 12.3 Å². The Kier molecular flexibility index (Phi) is 8.31. The Morgan fingerprint density at radius 3 is 2.29 bits per heavy atom. The van der Waals surface area contributed by atoms with Gasteiger partial charge >= 0.3 is 12.0 Å². The number of benzene rings is 2. The van der Waals surface area contributed by atoms with Crippen LogP contribution in [0.25, 0.3) is 0 Å². The van der Waals surface area contributed by atoms with E-state index in [0.29, 0.717) is 12.1 Å². The first-order chi connectivity index (χ1) is 14.8. The molecule has 2 aromatic carbocycles. The summed E-state index contributed by atoms with van der Waals surface area (Å²) in [5, 5.41) is 4.53. The SMILES string of the molecule is C#CCNS(=O)(=O)c1ccc(C(=O)OC(C(=O)NC(=O)NCC)c2ccccc2)cc1. The molecule has 1 unspecified atom stereocenters. The van der Waals surface area contributed by atoms with Crippen molar-refractivity contribution < 1.29 is 27.5 Å². The Bertz CT molecular complexity index is 1080. The van der Waals surface area contributed by atoms with E-state index in [1.165, 1.54) is 24.3 Å². The lowest BCUT2D eigenvalue weighted by atomic mass is 10.1. The van der Waals surface area contributed by atoms with Gasteiger partial charge in [-0.25, -0.2) is 18.0 Å². The highest BCUT2D eigenvalue weighted by Crippen LogP contribution is 2.20. The number of ether oxygens (including phenoxy) is 1. The number of amides is 3. The second-order valence-corrected chi connectivity index (χ2v) is 7.86. The highest BCUT2D eigenvalue weighted by atomic mass is 32.2. The van der Waals surface area contributed by atoms with Gasteiger partial charge in [0.2, 0.25) is 16.1 Å². The molecule has 10 heteroatoms. The molecule has 2 aromatic rings. The summed E-state index contributed by atoms with van der Waals surface area (Å²) in [5.74, 6) is 0.457. The number of urea groups is 1. The number of imide groups is 1. The van der Waals surface area contributed by atoms with Crippen molar-refractivity contribution in [3.63, 3.8) is 0 Å². The molecule has 0 aliphatic carbocycles. The van der Waals surface area contributed by atoms with E-state index in [1.54, 1.807) is 37.3 Å². The van der Waals surface area contributed by atoms with Gasteiger partial charge in [0, 0.05) is 12.1 Å². The second-order valence-electron chi connectivity index (χ2n) is 6.10. The lowest BCUT2D eigenvalue weighted by Gasteiger charge is -2.18. The van der Waals surface area contributed by atoms with Crippen LogP contribution in [0.3, 0.4) is 0 Å². The van der Waals surface area contributed by atoms with Gasteiger partial charge in [0.25, 0.3) is 5.91 Å². The number of terminal acetylenes is 1. The fourth-order valence-corrected chi connectivity index (χ4v) is 3.38. The molecule has 0 aromatic heterocycles. The fourth-order valence-electron chi connectivity index (χ4n) is 2.45. The van der Waals surface area contributed by atoms with Gasteiger partial charge in [-0.1, -0.05) is 36.3 Å². The highest BCUT2D eigenvalue weighted by molar-refractivity contribution is 7.89. The van der Waals surface area contributed by atoms with Gasteiger partial charge in [-0.2, -0.15) is 4.72 Å². The molecule has 9 nitrogen and oxygen atoms in total. The summed E-state index contributed by atoms with van der Waals surface area (Å²) in [7, 11) is -3.82. The predicted octanol–water partition coefficient (Wildman–Crippen LogP) is 1.34. The molecule has 1 atom stereocenters. The van der Waals surface area contributed by atoms with Crippen LogP contribution in [-0.2, 0) is 19.6 Å². The minimum Gasteiger partial charge on any atom is -0.444 e. The van der Waals surface area contributed by atoms with E-state index in [4.69, 9.17) is 11.2 Å². The van der Waals surface area contributed by atoms with Gasteiger partial charge in [-0.05, 0) is 31.2 Å². The predicted molar refractivity (Wildman–Crippen MR) is 112 cm³/mol. The van der Waals surface area contributed by atoms with Crippen LogP contribution in [0.5, 0.6) is 0 Å². The van der Waals surface area contributed by atoms with E-state index in [0.717, 1.165) is 0 Å². The third-order valence-electron chi connectivity index (χ3n) is 3.90. The van der Waals surface area contributed by atoms with Crippen LogP contribution >= 0.6 is 0 Å². The van der Waals surface area contributed by atoms with Crippen molar-refractivity contribution >= 4 is 27.9 Å². The summed E-state index contributed by atoms with van der Waals surface area (Å²) < 4.78 is 31.7. The normalized spacial score (nSPS) is 11.6. The molecule has 0 fully saturated rings. The molecule has 0 saturated carbocycles. The lowest BCUT2D eigenvalue weighted by molar-refractivity contribution is -0.129. The summed E-state index contributed by atoms with van der Waals surface area (Å²) in [5.41, 5.74) is 0.373. The zero-order chi connectivity index (χ0) is 22.9. The number of sulfonamides is 1. The van der Waals surface area contributed by atoms with Crippen LogP contribution in [0.2, 0.25) is 0 Å². The number of hydrogen-bond donors (Lipinski definition) is 3. The highest BCUT2D eigenvalue weighted by Gasteiger charge is 2.27. The minimum absolute atomic E-state index is 0.0163. The molecule has 0 aliphatic heterocycles. The van der Waals surface area contributed by atoms with Gasteiger partial charge in [0.15, 0.2) is 0 Å². The van der Waals surface area contributed by atoms with Crippen LogP contribution in [0.1, 0.15) is 28.9 Å². The minimum atomic E-state index is -3.82. The molecule has 3 N–H and O–H groups in total. The van der Waals surface area contributed by atoms with Crippen LogP contribution in [0.15, 0.2) is 59.5 Å². The van der Waals surface area contributed by atoms with Crippen molar-refractivity contribution in [1.29, 1.82) is 0 Å². The Labute approximate surface area is 180 Å². The molecule has 0 aliphatic rings. The second kappa shape index (κ2) is 10.9. The smallest absolute Gasteiger partial charge is 0.339 e. The van der Waals surface area contributed by atoms with Gasteiger partial charge in [0.1, 0.15) is 0 Å². The first-order valence-corrected chi connectivity index (χ1v) is 10.6. The summed E-state index contributed by atoms with van der Waals surface area (Å²) in [6.07, 6.45) is 3.66. The van der Waals surface area contributed by atoms with E-state index < -0.39 is 34.0 Å². The van der Waals surface area contributed by atoms with Crippen LogP contribution in [0, 0.1) is 12.3 Å². The molecular weight excluding hydrogens is 422 g/mol. The van der Waals surface area contributed by atoms with E-state index in [9.17, 15) is 22.8 Å². The number of carbonyl (C=O) groups is 3. The van der Waals surface area contributed by atoms with Crippen molar-refractivity contribution in [2.45, 2.75) is 17.9 Å². The maximum atomic E-state index is 12.6. The molecule has 2 rings (SSSR count). The molecule has 3 amide bonds. The average molecular weight is 443 g/mol. The Balaban J connectivity index is 2.21. The van der Waals surface area contributed by atoms with Gasteiger partial charge in [0.05, 0.1) is 17.0 Å². The average Bonchev–Trinajstić information content (AvgIpc) is 2.76. The van der Waals surface area contributed by atoms with Crippen LogP contribution in [0.4, 0.5) is 4.79 Å². The lowest BCUT2D eigenvalue weighted by Crippen LogP contribution is -2.42. The zero-order valence-electron chi connectivity index (χ0n) is 16.6. The van der Waals surface area contributed by atoms with E-state index in [-0.39, 0.29) is 17.0 Å². The van der Waals surface area contributed by atoms with Gasteiger partial charge in [-0.15, -0.1) is 6.42 Å². The number of nitrogens with one attached hydrogen (secondary N) is 3. The quantitative estimate of drug-likeness (QED) is 0.417. The van der Waals surface area contributed by atoms with E-state index >= 15 is 0 Å². The Hall–Kier alpha value is -3.68. The summed E-state index contributed by atoms with van der Waals surface area (Å²) in [6.45, 7) is 1.82. The number of carbonyl (C=O) groups excluding carboxylic acids is 3. The first-order valence-electron chi connectivity index (χ1n) is 9.16. The van der Waals surface area contributed by atoms with Gasteiger partial charge < -0.3 is 10.1 Å². The van der Waals surface area contributed by atoms with Crippen LogP contribution in [-0.4, -0.2) is 39.4 Å². The molecule has 0 radical (unpaired) electrons. The van der Waals surface area contributed by atoms with Gasteiger partial charge in [-0.3, -0.25) is 10.1 Å². The maximum Gasteiger partial charge on any atom is 0.339 e. The zero-order valence-corrected chi connectivity index (χ0v) is 17.4. The number of rotatable bonds is 8. The summed E-state index contributed by atoms with van der Waals surface area (Å²) in [4.78, 5) is 36.7. The summed E-state index contributed by atoms with van der Waals surface area (Å²) in [6, 6.07) is 12.4. The fraction of sp³-hybridized carbons (Fsp3) is 0.190. The molecule has 31 heavy (non-hydrogen) atoms. The largest absolute Gasteiger partial charge is 0.444 e. The molecule has 162 valence electrons. The molecular formula is C21H21N3O6S. The third-order valence-corrected chi connectivity index (χ3v) is 5.32. The van der Waals surface area contributed by atoms with Crippen molar-refractivity contribution in [1.82, 2.24) is 15.4 Å². The van der Waals surface area contributed by atoms with Crippen LogP contribution < -0.4 is 15.4 Å². The Morgan fingerprint density at radius 2 is 1.71 bits per heavy atom. The monoisotopic (exact) mass is 443 g/mol. The van der Waals surface area contributed by atoms with E-state index in [1.807, 2.05) is 0 Å². The topological polar surface area (TPSA) is 131 Å². The molecule has 0 heterocycles. The standard InChI is InChI=1S/C21H21N3O6S/c1-3-14-23-31(28,29)17-12-10-16(11-13-17)20(26)30-18(15-8-6-5-7-9-15)19(25)24-21(27)22-4-2/h1,5-13,18,23H,4,14H2,2H3,(H2,22,24,25,27). The van der Waals surface area contributed by atoms with Crippen molar-refractivity contribution in [2.24, 2.45) is 0 Å². The molecule has 0 saturated heterocycles. The molecule has 0 spiro atoms. The first kappa shape index (κ1) is 23.6. The number of hydrogen-bond acceptors (Lipinski definition) is 6. The van der Waals surface area contributed by atoms with Crippen molar-refractivity contribution in [3.05, 3.63) is 65.7 Å². The van der Waals surface area contributed by atoms with E-state index in [2.05, 4.69) is 21.3 Å². The third kappa shape index (κ3) is 6.67. The Morgan fingerprint density at radius 1 is 1.06 bits per heavy atom. The molecule has 0 bridgehead atoms. The van der Waals surface area contributed by atoms with Crippen molar-refractivity contribution in [2.75, 3.05) is 13.1 Å².